The summed E-state index contributed by atoms with van der Waals surface area (Å²) in [7, 11) is -3.65. The van der Waals surface area contributed by atoms with E-state index in [2.05, 4.69) is 0 Å². The molecule has 0 unspecified atom stereocenters. The Hall–Kier alpha value is -1.73. The third-order valence-electron chi connectivity index (χ3n) is 5.17. The number of hydrogen-bond donors (Lipinski definition) is 0. The topological polar surface area (TPSA) is 80.8 Å². The number of carbonyl (C=O) groups is 2. The molecule has 2 atom stereocenters. The smallest absolute Gasteiger partial charge is 0.338 e. The van der Waals surface area contributed by atoms with Crippen molar-refractivity contribution >= 4 is 21.8 Å². The van der Waals surface area contributed by atoms with Crippen LogP contribution in [0.1, 0.15) is 62.2 Å². The number of ether oxygens (including phenoxy) is 1. The fourth-order valence-corrected chi connectivity index (χ4v) is 5.37. The van der Waals surface area contributed by atoms with Crippen molar-refractivity contribution < 1.29 is 22.7 Å². The number of Topliss-reactive ketones (excluding diaryl/α,β-unsaturated/α-hetero) is 1. The van der Waals surface area contributed by atoms with Gasteiger partial charge in [0.1, 0.15) is 0 Å². The molecule has 26 heavy (non-hydrogen) atoms. The first-order valence-electron chi connectivity index (χ1n) is 9.25. The van der Waals surface area contributed by atoms with Gasteiger partial charge in [0.15, 0.2) is 11.9 Å². The van der Waals surface area contributed by atoms with Crippen LogP contribution in [0.15, 0.2) is 29.2 Å². The quantitative estimate of drug-likeness (QED) is 0.752. The van der Waals surface area contributed by atoms with Gasteiger partial charge in [0.2, 0.25) is 10.0 Å². The zero-order chi connectivity index (χ0) is 18.7. The largest absolute Gasteiger partial charge is 0.451 e. The van der Waals surface area contributed by atoms with E-state index in [1.165, 1.54) is 22.5 Å². The molecule has 1 heterocycles. The lowest BCUT2D eigenvalue weighted by Crippen LogP contribution is -2.41. The molecule has 0 bridgehead atoms. The second-order valence-corrected chi connectivity index (χ2v) is 8.98. The van der Waals surface area contributed by atoms with Crippen molar-refractivity contribution in [3.05, 3.63) is 29.8 Å². The van der Waals surface area contributed by atoms with Gasteiger partial charge in [0.25, 0.3) is 0 Å². The Kier molecular flexibility index (Phi) is 5.77. The Labute approximate surface area is 154 Å². The molecule has 1 saturated carbocycles. The van der Waals surface area contributed by atoms with Gasteiger partial charge in [-0.3, -0.25) is 4.79 Å². The van der Waals surface area contributed by atoms with E-state index < -0.39 is 22.1 Å². The van der Waals surface area contributed by atoms with Crippen LogP contribution in [-0.4, -0.2) is 43.2 Å². The third kappa shape index (κ3) is 3.99. The number of hydrogen-bond acceptors (Lipinski definition) is 5. The SMILES string of the molecule is C[C@H]1CCCCN1S(=O)(=O)c1cccc(C(=O)O[C@@H]2CCCCC2=O)c1. The second-order valence-electron chi connectivity index (χ2n) is 7.09. The van der Waals surface area contributed by atoms with Crippen molar-refractivity contribution in [3.63, 3.8) is 0 Å². The van der Waals surface area contributed by atoms with Gasteiger partial charge in [-0.25, -0.2) is 13.2 Å². The van der Waals surface area contributed by atoms with E-state index in [1.54, 1.807) is 6.07 Å². The Morgan fingerprint density at radius 3 is 2.65 bits per heavy atom. The van der Waals surface area contributed by atoms with Crippen LogP contribution in [0.3, 0.4) is 0 Å². The summed E-state index contributed by atoms with van der Waals surface area (Å²) < 4.78 is 32.7. The average molecular weight is 379 g/mol. The molecule has 3 rings (SSSR count). The third-order valence-corrected chi connectivity index (χ3v) is 7.18. The van der Waals surface area contributed by atoms with E-state index in [0.717, 1.165) is 32.1 Å². The summed E-state index contributed by atoms with van der Waals surface area (Å²) in [6.07, 6.45) is 4.64. The lowest BCUT2D eigenvalue weighted by Gasteiger charge is -2.32. The zero-order valence-electron chi connectivity index (χ0n) is 15.0. The van der Waals surface area contributed by atoms with E-state index in [4.69, 9.17) is 4.74 Å². The maximum absolute atomic E-state index is 12.9. The van der Waals surface area contributed by atoms with E-state index in [-0.39, 0.29) is 22.3 Å². The van der Waals surface area contributed by atoms with Gasteiger partial charge in [0, 0.05) is 19.0 Å². The van der Waals surface area contributed by atoms with Crippen LogP contribution in [0, 0.1) is 0 Å². The number of nitrogens with zero attached hydrogens (tertiary/aromatic N) is 1. The Bertz CT molecular complexity index is 789. The van der Waals surface area contributed by atoms with Crippen molar-refractivity contribution in [2.24, 2.45) is 0 Å². The average Bonchev–Trinajstić information content (AvgIpc) is 2.64. The number of benzene rings is 1. The van der Waals surface area contributed by atoms with Crippen LogP contribution >= 0.6 is 0 Å². The predicted octanol–water partition coefficient (Wildman–Crippen LogP) is 2.92. The molecule has 0 radical (unpaired) electrons. The highest BCUT2D eigenvalue weighted by molar-refractivity contribution is 7.89. The number of carbonyl (C=O) groups excluding carboxylic acids is 2. The van der Waals surface area contributed by atoms with Crippen LogP contribution in [0.2, 0.25) is 0 Å². The van der Waals surface area contributed by atoms with E-state index in [0.29, 0.717) is 19.4 Å². The Balaban J connectivity index is 1.79. The highest BCUT2D eigenvalue weighted by atomic mass is 32.2. The van der Waals surface area contributed by atoms with Gasteiger partial charge >= 0.3 is 5.97 Å². The van der Waals surface area contributed by atoms with Crippen LogP contribution in [-0.2, 0) is 19.6 Å². The molecule has 0 amide bonds. The Morgan fingerprint density at radius 2 is 1.92 bits per heavy atom. The van der Waals surface area contributed by atoms with Crippen molar-refractivity contribution in [2.45, 2.75) is 68.9 Å². The van der Waals surface area contributed by atoms with E-state index >= 15 is 0 Å². The van der Waals surface area contributed by atoms with Gasteiger partial charge in [-0.05, 0) is 57.2 Å². The molecule has 2 aliphatic rings. The number of piperidine rings is 1. The molecule has 0 aromatic heterocycles. The minimum atomic E-state index is -3.65. The molecule has 1 aliphatic heterocycles. The summed E-state index contributed by atoms with van der Waals surface area (Å²) in [5.74, 6) is -0.704. The number of esters is 1. The van der Waals surface area contributed by atoms with E-state index in [1.807, 2.05) is 6.92 Å². The Morgan fingerprint density at radius 1 is 1.15 bits per heavy atom. The van der Waals surface area contributed by atoms with Gasteiger partial charge < -0.3 is 4.74 Å². The molecule has 1 aromatic rings. The zero-order valence-corrected chi connectivity index (χ0v) is 15.8. The van der Waals surface area contributed by atoms with Crippen molar-refractivity contribution in [2.75, 3.05) is 6.54 Å². The maximum Gasteiger partial charge on any atom is 0.338 e. The van der Waals surface area contributed by atoms with Crippen molar-refractivity contribution in [1.82, 2.24) is 4.31 Å². The fraction of sp³-hybridized carbons (Fsp3) is 0.579. The van der Waals surface area contributed by atoms with Crippen molar-refractivity contribution in [3.8, 4) is 0 Å². The van der Waals surface area contributed by atoms with Crippen molar-refractivity contribution in [1.29, 1.82) is 0 Å². The number of rotatable bonds is 4. The molecule has 0 N–H and O–H groups in total. The monoisotopic (exact) mass is 379 g/mol. The van der Waals surface area contributed by atoms with Crippen LogP contribution in [0.5, 0.6) is 0 Å². The maximum atomic E-state index is 12.9. The first-order valence-corrected chi connectivity index (χ1v) is 10.7. The molecule has 142 valence electrons. The fourth-order valence-electron chi connectivity index (χ4n) is 3.62. The minimum absolute atomic E-state index is 0.0517. The predicted molar refractivity (Wildman–Crippen MR) is 96.3 cm³/mol. The van der Waals surface area contributed by atoms with Gasteiger partial charge in [-0.1, -0.05) is 12.5 Å². The molecule has 1 aliphatic carbocycles. The molecule has 1 saturated heterocycles. The van der Waals surface area contributed by atoms with Gasteiger partial charge in [-0.2, -0.15) is 4.31 Å². The van der Waals surface area contributed by atoms with Gasteiger partial charge in [0.05, 0.1) is 10.5 Å². The van der Waals surface area contributed by atoms with Gasteiger partial charge in [-0.15, -0.1) is 0 Å². The number of sulfonamides is 1. The number of ketones is 1. The molecular weight excluding hydrogens is 354 g/mol. The lowest BCUT2D eigenvalue weighted by atomic mass is 9.96. The summed E-state index contributed by atoms with van der Waals surface area (Å²) in [5, 5.41) is 0. The summed E-state index contributed by atoms with van der Waals surface area (Å²) in [5.41, 5.74) is 0.161. The van der Waals surface area contributed by atoms with Crippen LogP contribution < -0.4 is 0 Å². The summed E-state index contributed by atoms with van der Waals surface area (Å²) in [6.45, 7) is 2.40. The van der Waals surface area contributed by atoms with Crippen LogP contribution in [0.25, 0.3) is 0 Å². The van der Waals surface area contributed by atoms with E-state index in [9.17, 15) is 18.0 Å². The summed E-state index contributed by atoms with van der Waals surface area (Å²) >= 11 is 0. The highest BCUT2D eigenvalue weighted by Gasteiger charge is 2.32. The standard InChI is InChI=1S/C19H25NO5S/c1-14-7-4-5-12-20(14)26(23,24)16-9-6-8-15(13-16)19(22)25-18-11-3-2-10-17(18)21/h6,8-9,13-14,18H,2-5,7,10-12H2,1H3/t14-,18+/m0/s1. The summed E-state index contributed by atoms with van der Waals surface area (Å²) in [4.78, 5) is 24.3. The van der Waals surface area contributed by atoms with Crippen LogP contribution in [0.4, 0.5) is 0 Å². The molecular formula is C19H25NO5S. The minimum Gasteiger partial charge on any atom is -0.451 e. The molecule has 6 nitrogen and oxygen atoms in total. The first kappa shape index (κ1) is 19.0. The molecule has 1 aromatic carbocycles. The first-order chi connectivity index (χ1) is 12.4. The summed E-state index contributed by atoms with van der Waals surface area (Å²) in [6, 6.07) is 5.87. The normalized spacial score (nSPS) is 25.0. The highest BCUT2D eigenvalue weighted by Crippen LogP contribution is 2.26. The molecule has 2 fully saturated rings. The lowest BCUT2D eigenvalue weighted by molar-refractivity contribution is -0.129. The second kappa shape index (κ2) is 7.88. The molecule has 0 spiro atoms. The molecule has 7 heteroatoms.